The van der Waals surface area contributed by atoms with Gasteiger partial charge < -0.3 is 19.0 Å². The number of fused-ring (bicyclic) bond motifs is 1. The number of rotatable bonds is 9. The first-order chi connectivity index (χ1) is 16.5. The lowest BCUT2D eigenvalue weighted by atomic mass is 10.1. The van der Waals surface area contributed by atoms with Crippen LogP contribution in [-0.2, 0) is 32.2 Å². The number of aromatic nitrogens is 1. The summed E-state index contributed by atoms with van der Waals surface area (Å²) in [6, 6.07) is 9.83. The molecule has 0 atom stereocenters. The molecule has 5 amide bonds. The van der Waals surface area contributed by atoms with Gasteiger partial charge in [-0.1, -0.05) is 18.2 Å². The molecule has 2 N–H and O–H groups in total. The smallest absolute Gasteiger partial charge is 0.331 e. The molecule has 1 aromatic carbocycles. The van der Waals surface area contributed by atoms with Gasteiger partial charge in [0.05, 0.1) is 12.8 Å². The fourth-order valence-electron chi connectivity index (χ4n) is 3.73. The van der Waals surface area contributed by atoms with Crippen LogP contribution in [-0.4, -0.2) is 53.5 Å². The van der Waals surface area contributed by atoms with Crippen LogP contribution < -0.4 is 10.6 Å². The zero-order chi connectivity index (χ0) is 24.1. The highest BCUT2D eigenvalue weighted by molar-refractivity contribution is 6.31. The second kappa shape index (κ2) is 10.2. The summed E-state index contributed by atoms with van der Waals surface area (Å²) >= 11 is 0. The zero-order valence-corrected chi connectivity index (χ0v) is 18.6. The lowest BCUT2D eigenvalue weighted by Crippen LogP contribution is -2.53. The van der Waals surface area contributed by atoms with Crippen molar-refractivity contribution in [2.24, 2.45) is 0 Å². The van der Waals surface area contributed by atoms with E-state index < -0.39 is 17.8 Å². The molecule has 10 heteroatoms. The summed E-state index contributed by atoms with van der Waals surface area (Å²) in [6.45, 7) is 1.02. The normalized spacial score (nSPS) is 15.3. The van der Waals surface area contributed by atoms with Gasteiger partial charge in [0, 0.05) is 42.9 Å². The Labute approximate surface area is 195 Å². The third kappa shape index (κ3) is 4.91. The molecular weight excluding hydrogens is 440 g/mol. The van der Waals surface area contributed by atoms with Gasteiger partial charge in [-0.15, -0.1) is 0 Å². The van der Waals surface area contributed by atoms with Gasteiger partial charge in [0.1, 0.15) is 17.9 Å². The number of urea groups is 1. The first-order valence-corrected chi connectivity index (χ1v) is 10.7. The largest absolute Gasteiger partial charge is 0.467 e. The van der Waals surface area contributed by atoms with Crippen molar-refractivity contribution in [2.45, 2.75) is 19.5 Å². The van der Waals surface area contributed by atoms with Crippen LogP contribution in [0.15, 0.2) is 58.8 Å². The number of methoxy groups -OCH3 is 1. The molecule has 2 aromatic heterocycles. The highest BCUT2D eigenvalue weighted by Crippen LogP contribution is 2.25. The van der Waals surface area contributed by atoms with Gasteiger partial charge in [-0.25, -0.2) is 4.79 Å². The summed E-state index contributed by atoms with van der Waals surface area (Å²) in [5.41, 5.74) is 1.17. The van der Waals surface area contributed by atoms with Gasteiger partial charge in [0.25, 0.3) is 11.8 Å². The van der Waals surface area contributed by atoms with E-state index in [1.165, 1.54) is 12.3 Å². The van der Waals surface area contributed by atoms with Crippen LogP contribution in [0.4, 0.5) is 4.79 Å². The number of ether oxygens (including phenoxy) is 1. The number of nitrogens with zero attached hydrogens (tertiary/aromatic N) is 2. The SMILES string of the molecule is COCCCNC(=O)Cn1cc(/C=C2/C(=O)NC(=O)N(Cc3ccco3)C2=O)c2ccccc21. The Balaban J connectivity index is 1.60. The Hall–Kier alpha value is -4.18. The summed E-state index contributed by atoms with van der Waals surface area (Å²) < 4.78 is 12.0. The number of imide groups is 2. The highest BCUT2D eigenvalue weighted by atomic mass is 16.5. The third-order valence-corrected chi connectivity index (χ3v) is 5.36. The minimum atomic E-state index is -0.809. The molecule has 1 fully saturated rings. The number of amides is 5. The number of hydrogen-bond acceptors (Lipinski definition) is 6. The Morgan fingerprint density at radius 3 is 2.76 bits per heavy atom. The quantitative estimate of drug-likeness (QED) is 0.284. The highest BCUT2D eigenvalue weighted by Gasteiger charge is 2.36. The first-order valence-electron chi connectivity index (χ1n) is 10.7. The van der Waals surface area contributed by atoms with E-state index >= 15 is 0 Å². The summed E-state index contributed by atoms with van der Waals surface area (Å²) in [6.07, 6.45) is 5.29. The van der Waals surface area contributed by atoms with Crippen molar-refractivity contribution in [1.29, 1.82) is 0 Å². The molecule has 0 aliphatic carbocycles. The molecule has 1 saturated heterocycles. The average molecular weight is 464 g/mol. The van der Waals surface area contributed by atoms with Crippen LogP contribution in [0.1, 0.15) is 17.7 Å². The van der Waals surface area contributed by atoms with Crippen LogP contribution in [0.3, 0.4) is 0 Å². The van der Waals surface area contributed by atoms with Crippen molar-refractivity contribution < 1.29 is 28.3 Å². The van der Waals surface area contributed by atoms with Crippen LogP contribution >= 0.6 is 0 Å². The van der Waals surface area contributed by atoms with Gasteiger partial charge >= 0.3 is 6.03 Å². The monoisotopic (exact) mass is 464 g/mol. The van der Waals surface area contributed by atoms with E-state index in [9.17, 15) is 19.2 Å². The number of para-hydroxylation sites is 1. The number of hydrogen-bond donors (Lipinski definition) is 2. The minimum absolute atomic E-state index is 0.0694. The number of carbonyl (C=O) groups is 4. The van der Waals surface area contributed by atoms with Crippen molar-refractivity contribution >= 4 is 40.7 Å². The summed E-state index contributed by atoms with van der Waals surface area (Å²) in [7, 11) is 1.60. The Morgan fingerprint density at radius 2 is 2.00 bits per heavy atom. The number of carbonyl (C=O) groups excluding carboxylic acids is 4. The van der Waals surface area contributed by atoms with Crippen LogP contribution in [0.2, 0.25) is 0 Å². The Morgan fingerprint density at radius 1 is 1.18 bits per heavy atom. The molecular formula is C24H24N4O6. The predicted molar refractivity (Wildman–Crippen MR) is 122 cm³/mol. The maximum Gasteiger partial charge on any atom is 0.331 e. The molecule has 0 saturated carbocycles. The third-order valence-electron chi connectivity index (χ3n) is 5.36. The van der Waals surface area contributed by atoms with Crippen LogP contribution in [0, 0.1) is 0 Å². The van der Waals surface area contributed by atoms with E-state index in [2.05, 4.69) is 10.6 Å². The molecule has 0 spiro atoms. The Kier molecular flexibility index (Phi) is 6.88. The molecule has 0 radical (unpaired) electrons. The van der Waals surface area contributed by atoms with Crippen molar-refractivity contribution in [3.8, 4) is 0 Å². The molecule has 4 rings (SSSR count). The molecule has 176 valence electrons. The average Bonchev–Trinajstić information content (AvgIpc) is 3.45. The van der Waals surface area contributed by atoms with Gasteiger partial charge in [-0.3, -0.25) is 24.6 Å². The van der Waals surface area contributed by atoms with E-state index in [1.807, 2.05) is 24.3 Å². The fourth-order valence-corrected chi connectivity index (χ4v) is 3.73. The van der Waals surface area contributed by atoms with E-state index in [0.717, 1.165) is 15.8 Å². The second-order valence-corrected chi connectivity index (χ2v) is 7.71. The predicted octanol–water partition coefficient (Wildman–Crippen LogP) is 2.05. The van der Waals surface area contributed by atoms with Crippen LogP contribution in [0.25, 0.3) is 17.0 Å². The Bertz CT molecular complexity index is 1260. The van der Waals surface area contributed by atoms with E-state index in [4.69, 9.17) is 9.15 Å². The van der Waals surface area contributed by atoms with Crippen molar-refractivity contribution in [1.82, 2.24) is 20.1 Å². The lowest BCUT2D eigenvalue weighted by molar-refractivity contribution is -0.130. The van der Waals surface area contributed by atoms with E-state index in [-0.39, 0.29) is 24.6 Å². The first kappa shape index (κ1) is 23.0. The topological polar surface area (TPSA) is 123 Å². The number of furan rings is 1. The van der Waals surface area contributed by atoms with Gasteiger partial charge in [0.2, 0.25) is 5.91 Å². The van der Waals surface area contributed by atoms with Crippen molar-refractivity contribution in [2.75, 3.05) is 20.3 Å². The van der Waals surface area contributed by atoms with Gasteiger partial charge in [-0.05, 0) is 30.7 Å². The van der Waals surface area contributed by atoms with E-state index in [1.54, 1.807) is 30.0 Å². The maximum atomic E-state index is 13.0. The summed E-state index contributed by atoms with van der Waals surface area (Å²) in [4.78, 5) is 51.1. The van der Waals surface area contributed by atoms with E-state index in [0.29, 0.717) is 30.9 Å². The minimum Gasteiger partial charge on any atom is -0.467 e. The van der Waals surface area contributed by atoms with Crippen LogP contribution in [0.5, 0.6) is 0 Å². The van der Waals surface area contributed by atoms with Crippen molar-refractivity contribution in [3.05, 3.63) is 65.8 Å². The zero-order valence-electron chi connectivity index (χ0n) is 18.6. The molecule has 34 heavy (non-hydrogen) atoms. The number of nitrogens with one attached hydrogen (secondary N) is 2. The number of benzene rings is 1. The molecule has 1 aliphatic rings. The molecule has 10 nitrogen and oxygen atoms in total. The molecule has 0 unspecified atom stereocenters. The van der Waals surface area contributed by atoms with Gasteiger partial charge in [-0.2, -0.15) is 0 Å². The molecule has 3 aromatic rings. The maximum absolute atomic E-state index is 13.0. The van der Waals surface area contributed by atoms with Gasteiger partial charge in [0.15, 0.2) is 0 Å². The number of barbiturate groups is 1. The lowest BCUT2D eigenvalue weighted by Gasteiger charge is -2.25. The summed E-state index contributed by atoms with van der Waals surface area (Å²) in [5.74, 6) is -1.26. The second-order valence-electron chi connectivity index (χ2n) is 7.71. The standard InChI is InChI=1S/C24H24N4O6/c1-33-10-5-9-25-21(29)15-27-13-16(18-7-2-3-8-20(18)27)12-19-22(30)26-24(32)28(23(19)31)14-17-6-4-11-34-17/h2-4,6-8,11-13H,5,9-10,14-15H2,1H3,(H,25,29)(H,26,30,32)/b19-12-. The molecule has 1 aliphatic heterocycles. The van der Waals surface area contributed by atoms with Crippen molar-refractivity contribution in [3.63, 3.8) is 0 Å². The molecule has 3 heterocycles. The fraction of sp³-hybridized carbons (Fsp3) is 0.250. The molecule has 0 bridgehead atoms. The summed E-state index contributed by atoms with van der Waals surface area (Å²) in [5, 5.41) is 5.80.